The van der Waals surface area contributed by atoms with Crippen LogP contribution in [0.1, 0.15) is 25.7 Å². The largest absolute Gasteiger partial charge is 0.493 e. The van der Waals surface area contributed by atoms with Crippen LogP contribution >= 0.6 is 0 Å². The molecule has 2 rings (SSSR count). The summed E-state index contributed by atoms with van der Waals surface area (Å²) < 4.78 is 11.2. The van der Waals surface area contributed by atoms with Crippen molar-refractivity contribution < 1.29 is 9.47 Å². The zero-order chi connectivity index (χ0) is 14.2. The molecule has 0 amide bonds. The second-order valence-corrected chi connectivity index (χ2v) is 5.26. The van der Waals surface area contributed by atoms with Crippen LogP contribution in [-0.2, 0) is 0 Å². The van der Waals surface area contributed by atoms with Crippen LogP contribution in [0.5, 0.6) is 11.5 Å². The number of rotatable bonds is 9. The number of methoxy groups -OCH3 is 1. The first kappa shape index (κ1) is 15.1. The Bertz CT molecular complexity index is 394. The second kappa shape index (κ2) is 8.12. The number of benzene rings is 1. The SMILES string of the molecule is COc1ccccc1OCCN(CCCN)C1CCC1. The summed E-state index contributed by atoms with van der Waals surface area (Å²) in [6, 6.07) is 8.53. The van der Waals surface area contributed by atoms with Crippen LogP contribution in [0.25, 0.3) is 0 Å². The van der Waals surface area contributed by atoms with Gasteiger partial charge in [-0.25, -0.2) is 0 Å². The molecule has 0 aliphatic heterocycles. The van der Waals surface area contributed by atoms with Crippen LogP contribution in [0.3, 0.4) is 0 Å². The van der Waals surface area contributed by atoms with Gasteiger partial charge in [-0.1, -0.05) is 18.6 Å². The molecule has 0 bridgehead atoms. The summed E-state index contributed by atoms with van der Waals surface area (Å²) in [5.41, 5.74) is 5.62. The van der Waals surface area contributed by atoms with E-state index in [4.69, 9.17) is 15.2 Å². The quantitative estimate of drug-likeness (QED) is 0.753. The van der Waals surface area contributed by atoms with Crippen molar-refractivity contribution in [3.63, 3.8) is 0 Å². The van der Waals surface area contributed by atoms with Gasteiger partial charge in [0, 0.05) is 12.6 Å². The number of ether oxygens (including phenoxy) is 2. The van der Waals surface area contributed by atoms with Crippen LogP contribution in [0.15, 0.2) is 24.3 Å². The molecule has 1 aromatic rings. The zero-order valence-electron chi connectivity index (χ0n) is 12.4. The van der Waals surface area contributed by atoms with Crippen molar-refractivity contribution in [2.24, 2.45) is 5.73 Å². The molecule has 0 heterocycles. The fraction of sp³-hybridized carbons (Fsp3) is 0.625. The molecule has 0 spiro atoms. The molecule has 0 aromatic heterocycles. The van der Waals surface area contributed by atoms with E-state index in [1.165, 1.54) is 19.3 Å². The van der Waals surface area contributed by atoms with Crippen molar-refractivity contribution in [2.75, 3.05) is 33.4 Å². The molecular weight excluding hydrogens is 252 g/mol. The highest BCUT2D eigenvalue weighted by Crippen LogP contribution is 2.27. The van der Waals surface area contributed by atoms with Gasteiger partial charge in [0.25, 0.3) is 0 Å². The Hall–Kier alpha value is -1.26. The molecule has 4 heteroatoms. The lowest BCUT2D eigenvalue weighted by Gasteiger charge is -2.37. The summed E-state index contributed by atoms with van der Waals surface area (Å²) in [5.74, 6) is 1.62. The molecule has 0 unspecified atom stereocenters. The number of nitrogens with two attached hydrogens (primary N) is 1. The Morgan fingerprint density at radius 3 is 2.55 bits per heavy atom. The van der Waals surface area contributed by atoms with E-state index in [9.17, 15) is 0 Å². The third-order valence-electron chi connectivity index (χ3n) is 3.95. The minimum absolute atomic E-state index is 0.696. The normalized spacial score (nSPS) is 15.2. The van der Waals surface area contributed by atoms with E-state index in [1.54, 1.807) is 7.11 Å². The summed E-state index contributed by atoms with van der Waals surface area (Å²) in [4.78, 5) is 2.52. The van der Waals surface area contributed by atoms with Gasteiger partial charge in [-0.3, -0.25) is 4.90 Å². The summed E-state index contributed by atoms with van der Waals surface area (Å²) in [6.07, 6.45) is 5.06. The van der Waals surface area contributed by atoms with Crippen LogP contribution in [0.2, 0.25) is 0 Å². The predicted octanol–water partition coefficient (Wildman–Crippen LogP) is 2.28. The summed E-state index contributed by atoms with van der Waals surface area (Å²) >= 11 is 0. The first-order valence-electron chi connectivity index (χ1n) is 7.55. The highest BCUT2D eigenvalue weighted by molar-refractivity contribution is 5.39. The monoisotopic (exact) mass is 278 g/mol. The average molecular weight is 278 g/mol. The van der Waals surface area contributed by atoms with Crippen molar-refractivity contribution in [1.82, 2.24) is 4.90 Å². The van der Waals surface area contributed by atoms with Gasteiger partial charge in [0.05, 0.1) is 7.11 Å². The first-order chi connectivity index (χ1) is 9.85. The molecule has 20 heavy (non-hydrogen) atoms. The van der Waals surface area contributed by atoms with Gasteiger partial charge in [0.15, 0.2) is 11.5 Å². The van der Waals surface area contributed by atoms with Gasteiger partial charge in [0.1, 0.15) is 6.61 Å². The summed E-state index contributed by atoms with van der Waals surface area (Å²) in [5, 5.41) is 0. The molecule has 4 nitrogen and oxygen atoms in total. The smallest absolute Gasteiger partial charge is 0.161 e. The van der Waals surface area contributed by atoms with E-state index in [2.05, 4.69) is 4.90 Å². The Kier molecular flexibility index (Phi) is 6.15. The zero-order valence-corrected chi connectivity index (χ0v) is 12.4. The molecule has 1 fully saturated rings. The van der Waals surface area contributed by atoms with Crippen molar-refractivity contribution in [3.05, 3.63) is 24.3 Å². The first-order valence-corrected chi connectivity index (χ1v) is 7.55. The minimum Gasteiger partial charge on any atom is -0.493 e. The number of nitrogens with zero attached hydrogens (tertiary/aromatic N) is 1. The summed E-state index contributed by atoms with van der Waals surface area (Å²) in [7, 11) is 1.67. The average Bonchev–Trinajstić information content (AvgIpc) is 2.43. The van der Waals surface area contributed by atoms with E-state index < -0.39 is 0 Å². The Morgan fingerprint density at radius 2 is 1.95 bits per heavy atom. The molecule has 2 N–H and O–H groups in total. The molecule has 0 atom stereocenters. The highest BCUT2D eigenvalue weighted by atomic mass is 16.5. The van der Waals surface area contributed by atoms with Crippen molar-refractivity contribution in [3.8, 4) is 11.5 Å². The van der Waals surface area contributed by atoms with Crippen LogP contribution in [-0.4, -0.2) is 44.3 Å². The lowest BCUT2D eigenvalue weighted by Crippen LogP contribution is -2.43. The predicted molar refractivity (Wildman–Crippen MR) is 81.4 cm³/mol. The molecule has 112 valence electrons. The van der Waals surface area contributed by atoms with Crippen molar-refractivity contribution >= 4 is 0 Å². The number of hydrogen-bond acceptors (Lipinski definition) is 4. The molecule has 1 aliphatic carbocycles. The molecule has 1 aliphatic rings. The van der Waals surface area contributed by atoms with Gasteiger partial charge in [-0.2, -0.15) is 0 Å². The van der Waals surface area contributed by atoms with Gasteiger partial charge in [-0.05, 0) is 44.5 Å². The molecule has 0 radical (unpaired) electrons. The lowest BCUT2D eigenvalue weighted by atomic mass is 9.91. The van der Waals surface area contributed by atoms with Gasteiger partial charge >= 0.3 is 0 Å². The minimum atomic E-state index is 0.696. The van der Waals surface area contributed by atoms with Crippen LogP contribution < -0.4 is 15.2 Å². The fourth-order valence-electron chi connectivity index (χ4n) is 2.53. The third kappa shape index (κ3) is 4.12. The Labute approximate surface area is 121 Å². The van der Waals surface area contributed by atoms with Crippen molar-refractivity contribution in [2.45, 2.75) is 31.7 Å². The van der Waals surface area contributed by atoms with E-state index >= 15 is 0 Å². The number of hydrogen-bond donors (Lipinski definition) is 1. The van der Waals surface area contributed by atoms with E-state index in [0.717, 1.165) is 43.6 Å². The third-order valence-corrected chi connectivity index (χ3v) is 3.95. The van der Waals surface area contributed by atoms with E-state index in [-0.39, 0.29) is 0 Å². The lowest BCUT2D eigenvalue weighted by molar-refractivity contribution is 0.105. The Balaban J connectivity index is 1.79. The van der Waals surface area contributed by atoms with Crippen molar-refractivity contribution in [1.29, 1.82) is 0 Å². The fourth-order valence-corrected chi connectivity index (χ4v) is 2.53. The maximum Gasteiger partial charge on any atom is 0.161 e. The van der Waals surface area contributed by atoms with Gasteiger partial charge in [0.2, 0.25) is 0 Å². The maximum atomic E-state index is 5.86. The van der Waals surface area contributed by atoms with Gasteiger partial charge in [-0.15, -0.1) is 0 Å². The topological polar surface area (TPSA) is 47.7 Å². The maximum absolute atomic E-state index is 5.86. The standard InChI is InChI=1S/C16H26N2O2/c1-19-15-8-2-3-9-16(15)20-13-12-18(11-5-10-17)14-6-4-7-14/h2-3,8-9,14H,4-7,10-13,17H2,1H3. The number of para-hydroxylation sites is 2. The van der Waals surface area contributed by atoms with E-state index in [0.29, 0.717) is 6.61 Å². The Morgan fingerprint density at radius 1 is 1.20 bits per heavy atom. The van der Waals surface area contributed by atoms with Crippen LogP contribution in [0.4, 0.5) is 0 Å². The van der Waals surface area contributed by atoms with E-state index in [1.807, 2.05) is 24.3 Å². The molecular formula is C16H26N2O2. The van der Waals surface area contributed by atoms with Crippen LogP contribution in [0, 0.1) is 0 Å². The molecule has 1 aromatic carbocycles. The molecule has 1 saturated carbocycles. The van der Waals surface area contributed by atoms with Gasteiger partial charge < -0.3 is 15.2 Å². The second-order valence-electron chi connectivity index (χ2n) is 5.26. The highest BCUT2D eigenvalue weighted by Gasteiger charge is 2.24. The summed E-state index contributed by atoms with van der Waals surface area (Å²) in [6.45, 7) is 3.50. The molecule has 0 saturated heterocycles.